The third kappa shape index (κ3) is 3.17. The Morgan fingerprint density at radius 3 is 2.82 bits per heavy atom. The summed E-state index contributed by atoms with van der Waals surface area (Å²) in [7, 11) is 0. The summed E-state index contributed by atoms with van der Waals surface area (Å²) in [5.74, 6) is 1.50. The highest BCUT2D eigenvalue weighted by Gasteiger charge is 2.42. The zero-order valence-electron chi connectivity index (χ0n) is 15.5. The van der Waals surface area contributed by atoms with E-state index in [0.717, 1.165) is 31.8 Å². The first-order valence-electron chi connectivity index (χ1n) is 9.78. The van der Waals surface area contributed by atoms with Crippen LogP contribution in [0.1, 0.15) is 19.3 Å². The Balaban J connectivity index is 1.35. The van der Waals surface area contributed by atoms with E-state index in [9.17, 15) is 9.59 Å². The standard InChI is InChI=1S/C19H23N7O2/c27-17(22-10-12-2-3-12)14-4-5-15-16(23-14)26(13-6-9-25(15)11-13)19(28)24-18-20-7-1-8-21-18/h1,4-5,7-8,12-14,23H,2-3,6,9-11H2,(H,22,27)(H,20,21,24,28)/t13-,14?/m0/s1. The van der Waals surface area contributed by atoms with Crippen LogP contribution in [0.15, 0.2) is 42.1 Å². The Labute approximate surface area is 162 Å². The molecule has 3 N–H and O–H groups in total. The predicted molar refractivity (Wildman–Crippen MR) is 102 cm³/mol. The minimum atomic E-state index is -0.487. The fraction of sp³-hybridized carbons (Fsp3) is 0.474. The van der Waals surface area contributed by atoms with Crippen LogP contribution in [0, 0.1) is 5.92 Å². The van der Waals surface area contributed by atoms with Gasteiger partial charge in [0.2, 0.25) is 11.9 Å². The van der Waals surface area contributed by atoms with Gasteiger partial charge in [-0.05, 0) is 37.3 Å². The van der Waals surface area contributed by atoms with Gasteiger partial charge in [0.25, 0.3) is 0 Å². The molecular weight excluding hydrogens is 358 g/mol. The number of rotatable bonds is 4. The molecule has 9 nitrogen and oxygen atoms in total. The number of urea groups is 1. The van der Waals surface area contributed by atoms with E-state index in [1.165, 1.54) is 12.8 Å². The second kappa shape index (κ2) is 6.81. The highest BCUT2D eigenvalue weighted by Crippen LogP contribution is 2.33. The maximum Gasteiger partial charge on any atom is 0.330 e. The number of hydrogen-bond donors (Lipinski definition) is 3. The van der Waals surface area contributed by atoms with Gasteiger partial charge >= 0.3 is 6.03 Å². The van der Waals surface area contributed by atoms with Crippen molar-refractivity contribution in [3.05, 3.63) is 42.1 Å². The van der Waals surface area contributed by atoms with Crippen LogP contribution in [0.5, 0.6) is 0 Å². The van der Waals surface area contributed by atoms with Crippen molar-refractivity contribution in [1.82, 2.24) is 30.4 Å². The Bertz CT molecular complexity index is 849. The SMILES string of the molecule is O=C(NCC1CC1)C1C=CC2=C(N1)N(C(=O)Nc1ncccn1)[C@H]1CCN2C1. The van der Waals surface area contributed by atoms with E-state index >= 15 is 0 Å². The summed E-state index contributed by atoms with van der Waals surface area (Å²) in [4.78, 5) is 37.7. The van der Waals surface area contributed by atoms with E-state index in [0.29, 0.717) is 11.7 Å². The molecule has 3 amide bonds. The maximum atomic E-state index is 13.0. The van der Waals surface area contributed by atoms with Crippen LogP contribution in [0.25, 0.3) is 0 Å². The highest BCUT2D eigenvalue weighted by atomic mass is 16.2. The second-order valence-corrected chi connectivity index (χ2v) is 7.66. The molecule has 4 aliphatic rings. The number of carbonyl (C=O) groups excluding carboxylic acids is 2. The molecule has 1 saturated heterocycles. The van der Waals surface area contributed by atoms with E-state index in [2.05, 4.69) is 30.8 Å². The Kier molecular flexibility index (Phi) is 4.14. The molecule has 1 saturated carbocycles. The summed E-state index contributed by atoms with van der Waals surface area (Å²) in [6, 6.07) is 0.978. The number of nitrogens with one attached hydrogen (secondary N) is 3. The monoisotopic (exact) mass is 381 g/mol. The van der Waals surface area contributed by atoms with Gasteiger partial charge in [-0.1, -0.05) is 6.08 Å². The molecular formula is C19H23N7O2. The van der Waals surface area contributed by atoms with Crippen LogP contribution in [-0.4, -0.2) is 63.4 Å². The highest BCUT2D eigenvalue weighted by molar-refractivity contribution is 5.90. The number of allylic oxidation sites excluding steroid dienone is 1. The summed E-state index contributed by atoms with van der Waals surface area (Å²) < 4.78 is 0. The van der Waals surface area contributed by atoms with Crippen molar-refractivity contribution in [2.45, 2.75) is 31.3 Å². The van der Waals surface area contributed by atoms with Gasteiger partial charge in [-0.2, -0.15) is 0 Å². The van der Waals surface area contributed by atoms with Gasteiger partial charge in [0.05, 0.1) is 11.7 Å². The number of fused-ring (bicyclic) bond motifs is 3. The smallest absolute Gasteiger partial charge is 0.330 e. The van der Waals surface area contributed by atoms with Crippen molar-refractivity contribution in [1.29, 1.82) is 0 Å². The Hall–Kier alpha value is -3.10. The van der Waals surface area contributed by atoms with Crippen LogP contribution < -0.4 is 16.0 Å². The number of nitrogens with zero attached hydrogens (tertiary/aromatic N) is 4. The molecule has 1 aliphatic carbocycles. The predicted octanol–water partition coefficient (Wildman–Crippen LogP) is 0.622. The Morgan fingerprint density at radius 2 is 2.04 bits per heavy atom. The quantitative estimate of drug-likeness (QED) is 0.707. The van der Waals surface area contributed by atoms with Crippen LogP contribution in [0.3, 0.4) is 0 Å². The molecule has 1 aromatic rings. The summed E-state index contributed by atoms with van der Waals surface area (Å²) in [6.45, 7) is 2.40. The Morgan fingerprint density at radius 1 is 1.21 bits per heavy atom. The van der Waals surface area contributed by atoms with E-state index in [1.807, 2.05) is 12.2 Å². The van der Waals surface area contributed by atoms with E-state index in [4.69, 9.17) is 0 Å². The summed E-state index contributed by atoms with van der Waals surface area (Å²) in [6.07, 6.45) is 10.3. The fourth-order valence-corrected chi connectivity index (χ4v) is 3.95. The number of carbonyl (C=O) groups is 2. The molecule has 4 heterocycles. The van der Waals surface area contributed by atoms with Crippen LogP contribution in [-0.2, 0) is 4.79 Å². The van der Waals surface area contributed by atoms with Gasteiger partial charge < -0.3 is 15.5 Å². The molecule has 9 heteroatoms. The molecule has 28 heavy (non-hydrogen) atoms. The summed E-state index contributed by atoms with van der Waals surface area (Å²) in [5, 5.41) is 9.05. The van der Waals surface area contributed by atoms with Crippen molar-refractivity contribution < 1.29 is 9.59 Å². The van der Waals surface area contributed by atoms with Crippen molar-refractivity contribution in [2.75, 3.05) is 25.0 Å². The van der Waals surface area contributed by atoms with Crippen molar-refractivity contribution in [3.8, 4) is 0 Å². The van der Waals surface area contributed by atoms with E-state index < -0.39 is 6.04 Å². The number of anilines is 1. The molecule has 1 unspecified atom stereocenters. The number of amides is 3. The average molecular weight is 381 g/mol. The number of hydrogen-bond acceptors (Lipinski definition) is 6. The molecule has 1 aromatic heterocycles. The lowest BCUT2D eigenvalue weighted by molar-refractivity contribution is -0.122. The molecule has 0 spiro atoms. The summed E-state index contributed by atoms with van der Waals surface area (Å²) in [5.41, 5.74) is 0.948. The number of aromatic nitrogens is 2. The first kappa shape index (κ1) is 17.0. The zero-order chi connectivity index (χ0) is 19.1. The zero-order valence-corrected chi connectivity index (χ0v) is 15.5. The van der Waals surface area contributed by atoms with Crippen molar-refractivity contribution in [2.24, 2.45) is 5.92 Å². The van der Waals surface area contributed by atoms with Gasteiger partial charge in [-0.25, -0.2) is 14.8 Å². The minimum absolute atomic E-state index is 0.0524. The number of dihydropyridines is 1. The van der Waals surface area contributed by atoms with Crippen molar-refractivity contribution >= 4 is 17.9 Å². The minimum Gasteiger partial charge on any atom is -0.366 e. The molecule has 2 fully saturated rings. The van der Waals surface area contributed by atoms with Crippen LogP contribution in [0.4, 0.5) is 10.7 Å². The van der Waals surface area contributed by atoms with Gasteiger partial charge in [0.15, 0.2) is 0 Å². The van der Waals surface area contributed by atoms with Gasteiger partial charge in [-0.3, -0.25) is 15.0 Å². The third-order valence-corrected chi connectivity index (χ3v) is 5.64. The van der Waals surface area contributed by atoms with Gasteiger partial charge in [-0.15, -0.1) is 0 Å². The lowest BCUT2D eigenvalue weighted by Gasteiger charge is -2.40. The molecule has 5 rings (SSSR count). The maximum absolute atomic E-state index is 13.0. The third-order valence-electron chi connectivity index (χ3n) is 5.64. The first-order valence-corrected chi connectivity index (χ1v) is 9.78. The molecule has 0 aromatic carbocycles. The molecule has 146 valence electrons. The van der Waals surface area contributed by atoms with E-state index in [1.54, 1.807) is 23.4 Å². The lowest BCUT2D eigenvalue weighted by atomic mass is 10.1. The lowest BCUT2D eigenvalue weighted by Crippen LogP contribution is -2.56. The van der Waals surface area contributed by atoms with E-state index in [-0.39, 0.29) is 23.9 Å². The largest absolute Gasteiger partial charge is 0.366 e. The normalized spacial score (nSPS) is 25.3. The average Bonchev–Trinajstić information content (AvgIpc) is 3.46. The van der Waals surface area contributed by atoms with Gasteiger partial charge in [0.1, 0.15) is 11.9 Å². The van der Waals surface area contributed by atoms with Gasteiger partial charge in [0, 0.05) is 32.0 Å². The fourth-order valence-electron chi connectivity index (χ4n) is 3.95. The first-order chi connectivity index (χ1) is 13.7. The van der Waals surface area contributed by atoms with Crippen LogP contribution in [0.2, 0.25) is 0 Å². The van der Waals surface area contributed by atoms with Crippen LogP contribution >= 0.6 is 0 Å². The van der Waals surface area contributed by atoms with Crippen molar-refractivity contribution in [3.63, 3.8) is 0 Å². The topological polar surface area (TPSA) is 102 Å². The molecule has 0 radical (unpaired) electrons. The molecule has 2 atom stereocenters. The summed E-state index contributed by atoms with van der Waals surface area (Å²) >= 11 is 0. The molecule has 3 aliphatic heterocycles. The second-order valence-electron chi connectivity index (χ2n) is 7.66. The molecule has 2 bridgehead atoms.